The van der Waals surface area contributed by atoms with Crippen molar-refractivity contribution in [2.24, 2.45) is 5.73 Å². The zero-order valence-corrected chi connectivity index (χ0v) is 10.6. The Kier molecular flexibility index (Phi) is 3.91. The average Bonchev–Trinajstić information content (AvgIpc) is 2.41. The van der Waals surface area contributed by atoms with E-state index in [9.17, 15) is 9.59 Å². The van der Waals surface area contributed by atoms with Crippen LogP contribution in [0.5, 0.6) is 0 Å². The second kappa shape index (κ2) is 5.80. The van der Waals surface area contributed by atoms with E-state index in [1.54, 1.807) is 12.1 Å². The van der Waals surface area contributed by atoms with Crippen LogP contribution in [0.25, 0.3) is 0 Å². The normalized spacial score (nSPS) is 9.95. The van der Waals surface area contributed by atoms with Crippen LogP contribution in [-0.2, 0) is 17.6 Å². The van der Waals surface area contributed by atoms with Crippen molar-refractivity contribution < 1.29 is 4.79 Å². The maximum Gasteiger partial charge on any atom is 0.268 e. The molecule has 2 aromatic rings. The fourth-order valence-corrected chi connectivity index (χ4v) is 1.86. The van der Waals surface area contributed by atoms with E-state index in [4.69, 9.17) is 11.0 Å². The van der Waals surface area contributed by atoms with Crippen molar-refractivity contribution in [2.45, 2.75) is 12.8 Å². The van der Waals surface area contributed by atoms with Gasteiger partial charge in [0.25, 0.3) is 5.56 Å². The van der Waals surface area contributed by atoms with Crippen LogP contribution in [0.1, 0.15) is 22.4 Å². The standard InChI is InChI=1S/C14H12N4O2/c15-7-11-12(17-8-18-14(11)20)5-9-1-3-10(4-2-9)6-13(16)19/h1-4,8H,5-6H2,(H2,16,19)(H,17,18,20). The van der Waals surface area contributed by atoms with Gasteiger partial charge < -0.3 is 10.7 Å². The van der Waals surface area contributed by atoms with Crippen molar-refractivity contribution >= 4 is 5.91 Å². The molecule has 20 heavy (non-hydrogen) atoms. The number of aromatic nitrogens is 2. The molecule has 0 bridgehead atoms. The molecule has 0 saturated heterocycles. The van der Waals surface area contributed by atoms with E-state index in [1.165, 1.54) is 6.33 Å². The van der Waals surface area contributed by atoms with E-state index in [0.29, 0.717) is 12.1 Å². The number of aromatic amines is 1. The van der Waals surface area contributed by atoms with Gasteiger partial charge in [0.05, 0.1) is 18.4 Å². The van der Waals surface area contributed by atoms with Crippen molar-refractivity contribution in [3.63, 3.8) is 0 Å². The lowest BCUT2D eigenvalue weighted by Gasteiger charge is -2.04. The second-order valence-corrected chi connectivity index (χ2v) is 4.30. The molecule has 0 atom stereocenters. The summed E-state index contributed by atoms with van der Waals surface area (Å²) in [6.45, 7) is 0. The Morgan fingerprint density at radius 3 is 2.55 bits per heavy atom. The van der Waals surface area contributed by atoms with Gasteiger partial charge in [-0.2, -0.15) is 5.26 Å². The number of hydrogen-bond acceptors (Lipinski definition) is 4. The molecular weight excluding hydrogens is 256 g/mol. The van der Waals surface area contributed by atoms with Crippen LogP contribution in [-0.4, -0.2) is 15.9 Å². The first-order valence-corrected chi connectivity index (χ1v) is 5.93. The molecule has 0 aliphatic rings. The van der Waals surface area contributed by atoms with Gasteiger partial charge in [-0.1, -0.05) is 24.3 Å². The van der Waals surface area contributed by atoms with Gasteiger partial charge in [-0.15, -0.1) is 0 Å². The molecule has 0 radical (unpaired) electrons. The maximum atomic E-state index is 11.5. The highest BCUT2D eigenvalue weighted by Crippen LogP contribution is 2.10. The summed E-state index contributed by atoms with van der Waals surface area (Å²) in [5.74, 6) is -0.388. The molecule has 0 saturated carbocycles. The SMILES string of the molecule is N#Cc1c(Cc2ccc(CC(N)=O)cc2)nc[nH]c1=O. The number of primary amides is 1. The molecule has 2 rings (SSSR count). The lowest BCUT2D eigenvalue weighted by atomic mass is 10.0. The number of nitrogens with one attached hydrogen (secondary N) is 1. The second-order valence-electron chi connectivity index (χ2n) is 4.30. The highest BCUT2D eigenvalue weighted by Gasteiger charge is 2.08. The highest BCUT2D eigenvalue weighted by atomic mass is 16.1. The summed E-state index contributed by atoms with van der Waals surface area (Å²) in [6, 6.07) is 9.08. The molecule has 0 spiro atoms. The molecule has 1 aromatic carbocycles. The largest absolute Gasteiger partial charge is 0.369 e. The van der Waals surface area contributed by atoms with E-state index in [-0.39, 0.29) is 17.9 Å². The van der Waals surface area contributed by atoms with E-state index < -0.39 is 5.56 Å². The molecule has 0 fully saturated rings. The van der Waals surface area contributed by atoms with Crippen molar-refractivity contribution in [3.8, 4) is 6.07 Å². The van der Waals surface area contributed by atoms with Gasteiger partial charge >= 0.3 is 0 Å². The molecule has 0 aliphatic heterocycles. The fourth-order valence-electron chi connectivity index (χ4n) is 1.86. The number of nitriles is 1. The lowest BCUT2D eigenvalue weighted by Crippen LogP contribution is -2.15. The summed E-state index contributed by atoms with van der Waals surface area (Å²) in [5.41, 5.74) is 6.84. The van der Waals surface area contributed by atoms with Crippen LogP contribution >= 0.6 is 0 Å². The third kappa shape index (κ3) is 3.09. The third-order valence-corrected chi connectivity index (χ3v) is 2.82. The van der Waals surface area contributed by atoms with Crippen LogP contribution in [0.2, 0.25) is 0 Å². The Balaban J connectivity index is 2.23. The molecule has 100 valence electrons. The first kappa shape index (κ1) is 13.5. The molecular formula is C14H12N4O2. The molecule has 1 aromatic heterocycles. The molecule has 0 aliphatic carbocycles. The number of nitrogens with zero attached hydrogens (tertiary/aromatic N) is 2. The zero-order valence-electron chi connectivity index (χ0n) is 10.6. The minimum atomic E-state index is -0.442. The number of H-pyrrole nitrogens is 1. The van der Waals surface area contributed by atoms with Crippen molar-refractivity contribution in [1.29, 1.82) is 5.26 Å². The summed E-state index contributed by atoms with van der Waals surface area (Å²) in [6.07, 6.45) is 1.84. The maximum absolute atomic E-state index is 11.5. The van der Waals surface area contributed by atoms with E-state index >= 15 is 0 Å². The molecule has 1 heterocycles. The Bertz CT molecular complexity index is 726. The highest BCUT2D eigenvalue weighted by molar-refractivity contribution is 5.76. The topological polar surface area (TPSA) is 113 Å². The predicted molar refractivity (Wildman–Crippen MR) is 71.7 cm³/mol. The zero-order chi connectivity index (χ0) is 14.5. The van der Waals surface area contributed by atoms with Crippen LogP contribution < -0.4 is 11.3 Å². The van der Waals surface area contributed by atoms with E-state index in [1.807, 2.05) is 18.2 Å². The van der Waals surface area contributed by atoms with Gasteiger partial charge in [-0.3, -0.25) is 9.59 Å². The van der Waals surface area contributed by atoms with Crippen LogP contribution in [0.3, 0.4) is 0 Å². The summed E-state index contributed by atoms with van der Waals surface area (Å²) in [7, 11) is 0. The number of amides is 1. The number of carbonyl (C=O) groups excluding carboxylic acids is 1. The third-order valence-electron chi connectivity index (χ3n) is 2.82. The van der Waals surface area contributed by atoms with E-state index in [2.05, 4.69) is 9.97 Å². The van der Waals surface area contributed by atoms with Gasteiger partial charge in [0.15, 0.2) is 0 Å². The number of benzene rings is 1. The van der Waals surface area contributed by atoms with Gasteiger partial charge in [-0.25, -0.2) is 4.98 Å². The summed E-state index contributed by atoms with van der Waals surface area (Å²) >= 11 is 0. The first-order chi connectivity index (χ1) is 9.60. The number of carbonyl (C=O) groups is 1. The molecule has 6 nitrogen and oxygen atoms in total. The van der Waals surface area contributed by atoms with Crippen molar-refractivity contribution in [2.75, 3.05) is 0 Å². The van der Waals surface area contributed by atoms with Crippen LogP contribution in [0.4, 0.5) is 0 Å². The number of rotatable bonds is 4. The van der Waals surface area contributed by atoms with Gasteiger partial charge in [0.1, 0.15) is 11.6 Å². The van der Waals surface area contributed by atoms with Crippen LogP contribution in [0, 0.1) is 11.3 Å². The Morgan fingerprint density at radius 2 is 1.95 bits per heavy atom. The van der Waals surface area contributed by atoms with Gasteiger partial charge in [0.2, 0.25) is 5.91 Å². The molecule has 1 amide bonds. The summed E-state index contributed by atoms with van der Waals surface area (Å²) < 4.78 is 0. The smallest absolute Gasteiger partial charge is 0.268 e. The predicted octanol–water partition coefficient (Wildman–Crippen LogP) is 0.260. The number of hydrogen-bond donors (Lipinski definition) is 2. The first-order valence-electron chi connectivity index (χ1n) is 5.93. The average molecular weight is 268 g/mol. The minimum Gasteiger partial charge on any atom is -0.369 e. The van der Waals surface area contributed by atoms with Gasteiger partial charge in [-0.05, 0) is 11.1 Å². The monoisotopic (exact) mass is 268 g/mol. The Morgan fingerprint density at radius 1 is 1.30 bits per heavy atom. The lowest BCUT2D eigenvalue weighted by molar-refractivity contribution is -0.117. The van der Waals surface area contributed by atoms with Crippen molar-refractivity contribution in [3.05, 3.63) is 63.3 Å². The van der Waals surface area contributed by atoms with Crippen molar-refractivity contribution in [1.82, 2.24) is 9.97 Å². The minimum absolute atomic E-state index is 0.0220. The quantitative estimate of drug-likeness (QED) is 0.828. The molecule has 3 N–H and O–H groups in total. The Labute approximate surface area is 114 Å². The van der Waals surface area contributed by atoms with Gasteiger partial charge in [0, 0.05) is 6.42 Å². The Hall–Kier alpha value is -2.94. The summed E-state index contributed by atoms with van der Waals surface area (Å²) in [4.78, 5) is 28.7. The molecule has 6 heteroatoms. The van der Waals surface area contributed by atoms with Crippen LogP contribution in [0.15, 0.2) is 35.4 Å². The molecule has 0 unspecified atom stereocenters. The van der Waals surface area contributed by atoms with E-state index in [0.717, 1.165) is 11.1 Å². The fraction of sp³-hybridized carbons (Fsp3) is 0.143. The number of nitrogens with two attached hydrogens (primary N) is 1. The summed E-state index contributed by atoms with van der Waals surface area (Å²) in [5, 5.41) is 8.96.